The van der Waals surface area contributed by atoms with Gasteiger partial charge in [0.15, 0.2) is 0 Å². The van der Waals surface area contributed by atoms with Gasteiger partial charge in [-0.1, -0.05) is 25.1 Å². The third-order valence-electron chi connectivity index (χ3n) is 4.03. The summed E-state index contributed by atoms with van der Waals surface area (Å²) in [5.41, 5.74) is 2.23. The second-order valence-electron chi connectivity index (χ2n) is 5.43. The normalized spacial score (nSPS) is 16.0. The molecule has 0 saturated heterocycles. The molecule has 0 amide bonds. The first-order chi connectivity index (χ1) is 10.1. The van der Waals surface area contributed by atoms with Crippen LogP contribution in [0, 0.1) is 0 Å². The Kier molecular flexibility index (Phi) is 5.73. The van der Waals surface area contributed by atoms with E-state index in [1.54, 1.807) is 11.8 Å². The average Bonchev–Trinajstić information content (AvgIpc) is 2.87. The molecule has 0 aliphatic rings. The molecule has 2 aromatic rings. The van der Waals surface area contributed by atoms with Gasteiger partial charge in [0, 0.05) is 22.2 Å². The Bertz CT molecular complexity index is 577. The van der Waals surface area contributed by atoms with Crippen LogP contribution in [0.1, 0.15) is 38.1 Å². The second-order valence-corrected chi connectivity index (χ2v) is 6.51. The number of furan rings is 1. The van der Waals surface area contributed by atoms with Gasteiger partial charge in [0.2, 0.25) is 0 Å². The van der Waals surface area contributed by atoms with Crippen molar-refractivity contribution < 1.29 is 9.52 Å². The van der Waals surface area contributed by atoms with Crippen molar-refractivity contribution in [1.29, 1.82) is 0 Å². The molecule has 0 aliphatic carbocycles. The van der Waals surface area contributed by atoms with Crippen LogP contribution in [0.15, 0.2) is 28.7 Å². The quantitative estimate of drug-likeness (QED) is 0.817. The van der Waals surface area contributed by atoms with Crippen LogP contribution in [0.25, 0.3) is 11.0 Å². The Morgan fingerprint density at radius 2 is 2.00 bits per heavy atom. The lowest BCUT2D eigenvalue weighted by Crippen LogP contribution is -2.39. The monoisotopic (exact) mass is 307 g/mol. The van der Waals surface area contributed by atoms with Crippen LogP contribution in [0.3, 0.4) is 0 Å². The molecule has 4 heteroatoms. The van der Waals surface area contributed by atoms with E-state index in [-0.39, 0.29) is 23.9 Å². The van der Waals surface area contributed by atoms with E-state index < -0.39 is 0 Å². The van der Waals surface area contributed by atoms with Gasteiger partial charge >= 0.3 is 0 Å². The summed E-state index contributed by atoms with van der Waals surface area (Å²) in [6, 6.07) is 8.55. The SMILES string of the molecule is CCc1c(C(C)NC(C)C(CO)SC)oc2ccccc12. The van der Waals surface area contributed by atoms with Crippen LogP contribution >= 0.6 is 11.8 Å². The first kappa shape index (κ1) is 16.4. The number of hydrogen-bond acceptors (Lipinski definition) is 4. The molecule has 1 heterocycles. The van der Waals surface area contributed by atoms with Crippen LogP contribution in [0.4, 0.5) is 0 Å². The molecule has 3 unspecified atom stereocenters. The summed E-state index contributed by atoms with van der Waals surface area (Å²) >= 11 is 1.69. The molecule has 2 rings (SSSR count). The minimum atomic E-state index is 0.128. The van der Waals surface area contributed by atoms with Crippen LogP contribution in [0.5, 0.6) is 0 Å². The summed E-state index contributed by atoms with van der Waals surface area (Å²) in [6.45, 7) is 6.59. The summed E-state index contributed by atoms with van der Waals surface area (Å²) < 4.78 is 6.07. The number of benzene rings is 1. The lowest BCUT2D eigenvalue weighted by Gasteiger charge is -2.25. The van der Waals surface area contributed by atoms with Gasteiger partial charge in [-0.3, -0.25) is 0 Å². The van der Waals surface area contributed by atoms with E-state index in [2.05, 4.69) is 38.2 Å². The molecule has 3 atom stereocenters. The van der Waals surface area contributed by atoms with Crippen LogP contribution < -0.4 is 5.32 Å². The van der Waals surface area contributed by atoms with Crippen molar-refractivity contribution in [3.8, 4) is 0 Å². The highest BCUT2D eigenvalue weighted by molar-refractivity contribution is 7.99. The lowest BCUT2D eigenvalue weighted by molar-refractivity contribution is 0.268. The molecule has 1 aromatic carbocycles. The predicted octanol–water partition coefficient (Wildman–Crippen LogP) is 3.76. The summed E-state index contributed by atoms with van der Waals surface area (Å²) in [6.07, 6.45) is 2.99. The molecule has 116 valence electrons. The topological polar surface area (TPSA) is 45.4 Å². The Hall–Kier alpha value is -0.970. The smallest absolute Gasteiger partial charge is 0.134 e. The van der Waals surface area contributed by atoms with Gasteiger partial charge in [-0.05, 0) is 32.6 Å². The minimum absolute atomic E-state index is 0.128. The van der Waals surface area contributed by atoms with Crippen molar-refractivity contribution in [2.45, 2.75) is 44.5 Å². The summed E-state index contributed by atoms with van der Waals surface area (Å²) in [5, 5.41) is 14.4. The molecule has 0 fully saturated rings. The van der Waals surface area contributed by atoms with Crippen molar-refractivity contribution in [2.24, 2.45) is 0 Å². The van der Waals surface area contributed by atoms with Gasteiger partial charge in [0.05, 0.1) is 12.6 Å². The van der Waals surface area contributed by atoms with Gasteiger partial charge in [0.25, 0.3) is 0 Å². The van der Waals surface area contributed by atoms with Crippen molar-refractivity contribution in [3.05, 3.63) is 35.6 Å². The average molecular weight is 307 g/mol. The molecule has 21 heavy (non-hydrogen) atoms. The zero-order chi connectivity index (χ0) is 15.4. The second kappa shape index (κ2) is 7.34. The largest absolute Gasteiger partial charge is 0.459 e. The number of aliphatic hydroxyl groups is 1. The maximum Gasteiger partial charge on any atom is 0.134 e. The summed E-state index contributed by atoms with van der Waals surface area (Å²) in [5.74, 6) is 1.02. The third kappa shape index (κ3) is 3.44. The van der Waals surface area contributed by atoms with Crippen LogP contribution in [-0.4, -0.2) is 29.3 Å². The van der Waals surface area contributed by atoms with Crippen molar-refractivity contribution in [1.82, 2.24) is 5.32 Å². The standard InChI is InChI=1S/C17H25NO2S/c1-5-13-14-8-6-7-9-15(14)20-17(13)12(3)18-11(2)16(10-19)21-4/h6-9,11-12,16,18-19H,5,10H2,1-4H3. The molecule has 0 aliphatic heterocycles. The fourth-order valence-electron chi connectivity index (χ4n) is 2.85. The number of hydrogen-bond donors (Lipinski definition) is 2. The number of aryl methyl sites for hydroxylation is 1. The first-order valence-electron chi connectivity index (χ1n) is 7.52. The van der Waals surface area contributed by atoms with Crippen molar-refractivity contribution in [3.63, 3.8) is 0 Å². The summed E-state index contributed by atoms with van der Waals surface area (Å²) in [7, 11) is 0. The van der Waals surface area contributed by atoms with E-state index in [9.17, 15) is 5.11 Å². The lowest BCUT2D eigenvalue weighted by atomic mass is 10.0. The highest BCUT2D eigenvalue weighted by atomic mass is 32.2. The third-order valence-corrected chi connectivity index (χ3v) is 5.19. The highest BCUT2D eigenvalue weighted by Crippen LogP contribution is 2.31. The number of fused-ring (bicyclic) bond motifs is 1. The van der Waals surface area contributed by atoms with Crippen molar-refractivity contribution >= 4 is 22.7 Å². The van der Waals surface area contributed by atoms with Gasteiger partial charge in [0.1, 0.15) is 11.3 Å². The Labute approximate surface area is 131 Å². The van der Waals surface area contributed by atoms with Gasteiger partial charge < -0.3 is 14.8 Å². The fourth-order valence-corrected chi connectivity index (χ4v) is 3.48. The number of rotatable bonds is 7. The molecule has 0 bridgehead atoms. The Balaban J connectivity index is 2.24. The first-order valence-corrected chi connectivity index (χ1v) is 8.81. The zero-order valence-corrected chi connectivity index (χ0v) is 14.0. The molecular weight excluding hydrogens is 282 g/mol. The van der Waals surface area contributed by atoms with E-state index in [4.69, 9.17) is 4.42 Å². The zero-order valence-electron chi connectivity index (χ0n) is 13.2. The number of thioether (sulfide) groups is 1. The van der Waals surface area contributed by atoms with E-state index in [1.807, 2.05) is 18.4 Å². The number of aliphatic hydroxyl groups excluding tert-OH is 1. The molecule has 0 saturated carbocycles. The van der Waals surface area contributed by atoms with Gasteiger partial charge in [-0.2, -0.15) is 11.8 Å². The molecule has 0 spiro atoms. The molecular formula is C17H25NO2S. The fraction of sp³-hybridized carbons (Fsp3) is 0.529. The number of nitrogens with one attached hydrogen (secondary N) is 1. The van der Waals surface area contributed by atoms with Crippen molar-refractivity contribution in [2.75, 3.05) is 12.9 Å². The molecule has 3 nitrogen and oxygen atoms in total. The van der Waals surface area contributed by atoms with Gasteiger partial charge in [-0.25, -0.2) is 0 Å². The minimum Gasteiger partial charge on any atom is -0.459 e. The molecule has 2 N–H and O–H groups in total. The maximum absolute atomic E-state index is 9.41. The molecule has 0 radical (unpaired) electrons. The van der Waals surface area contributed by atoms with Crippen LogP contribution in [0.2, 0.25) is 0 Å². The van der Waals surface area contributed by atoms with Crippen LogP contribution in [-0.2, 0) is 6.42 Å². The highest BCUT2D eigenvalue weighted by Gasteiger charge is 2.22. The maximum atomic E-state index is 9.41. The van der Waals surface area contributed by atoms with E-state index in [0.29, 0.717) is 0 Å². The van der Waals surface area contributed by atoms with E-state index in [1.165, 1.54) is 10.9 Å². The number of para-hydroxylation sites is 1. The molecule has 1 aromatic heterocycles. The predicted molar refractivity (Wildman–Crippen MR) is 91.0 cm³/mol. The Morgan fingerprint density at radius 1 is 1.29 bits per heavy atom. The van der Waals surface area contributed by atoms with Gasteiger partial charge in [-0.15, -0.1) is 0 Å². The van der Waals surface area contributed by atoms with E-state index >= 15 is 0 Å². The van der Waals surface area contributed by atoms with E-state index in [0.717, 1.165) is 17.8 Å². The Morgan fingerprint density at radius 3 is 2.62 bits per heavy atom. The summed E-state index contributed by atoms with van der Waals surface area (Å²) in [4.78, 5) is 0.